The first-order valence-electron chi connectivity index (χ1n) is 11.6. The number of nitrogens with zero attached hydrogens (tertiary/aromatic N) is 1. The average molecular weight is 525 g/mol. The molecule has 192 valence electrons. The van der Waals surface area contributed by atoms with Gasteiger partial charge in [0, 0.05) is 24.6 Å². The van der Waals surface area contributed by atoms with Gasteiger partial charge in [0.05, 0.1) is 17.3 Å². The van der Waals surface area contributed by atoms with Crippen molar-refractivity contribution < 1.29 is 24.2 Å². The third kappa shape index (κ3) is 10.3. The molecule has 0 fully saturated rings. The van der Waals surface area contributed by atoms with Gasteiger partial charge in [-0.25, -0.2) is 9.59 Å². The lowest BCUT2D eigenvalue weighted by Gasteiger charge is -2.27. The third-order valence-corrected chi connectivity index (χ3v) is 5.76. The van der Waals surface area contributed by atoms with E-state index < -0.39 is 12.1 Å². The Morgan fingerprint density at radius 1 is 1.09 bits per heavy atom. The molecule has 2 rings (SSSR count). The molecule has 7 nitrogen and oxygen atoms in total. The fraction of sp³-hybridized carbons (Fsp3) is 0.462. The van der Waals surface area contributed by atoms with Crippen molar-refractivity contribution in [2.75, 3.05) is 31.6 Å². The molecule has 0 spiro atoms. The zero-order chi connectivity index (χ0) is 26.0. The van der Waals surface area contributed by atoms with E-state index in [4.69, 9.17) is 32.7 Å². The van der Waals surface area contributed by atoms with Crippen molar-refractivity contribution in [3.8, 4) is 5.75 Å². The summed E-state index contributed by atoms with van der Waals surface area (Å²) in [4.78, 5) is 26.0. The van der Waals surface area contributed by atoms with Crippen LogP contribution in [0.1, 0.15) is 39.7 Å². The Morgan fingerprint density at radius 3 is 2.34 bits per heavy atom. The molecule has 0 saturated heterocycles. The summed E-state index contributed by atoms with van der Waals surface area (Å²) in [5, 5.41) is 13.0. The quantitative estimate of drug-likeness (QED) is 0.336. The molecule has 2 aromatic rings. The van der Waals surface area contributed by atoms with Crippen LogP contribution >= 0.6 is 23.2 Å². The minimum Gasteiger partial charge on any atom is -0.492 e. The van der Waals surface area contributed by atoms with Crippen molar-refractivity contribution in [1.29, 1.82) is 0 Å². The van der Waals surface area contributed by atoms with Crippen molar-refractivity contribution in [3.63, 3.8) is 0 Å². The molecule has 1 unspecified atom stereocenters. The Hall–Kier alpha value is -2.48. The zero-order valence-corrected chi connectivity index (χ0v) is 22.2. The number of carboxylic acids is 1. The Balaban J connectivity index is 1.97. The molecule has 0 heterocycles. The van der Waals surface area contributed by atoms with E-state index in [2.05, 4.69) is 26.1 Å². The van der Waals surface area contributed by atoms with Gasteiger partial charge < -0.3 is 24.8 Å². The molecule has 35 heavy (non-hydrogen) atoms. The maximum Gasteiger partial charge on any atom is 0.333 e. The van der Waals surface area contributed by atoms with Crippen LogP contribution in [-0.4, -0.2) is 54.4 Å². The van der Waals surface area contributed by atoms with Crippen molar-refractivity contribution in [1.82, 2.24) is 4.90 Å². The molecule has 9 heteroatoms. The number of benzene rings is 2. The molecule has 0 radical (unpaired) electrons. The minimum atomic E-state index is -0.985. The van der Waals surface area contributed by atoms with Crippen LogP contribution in [-0.2, 0) is 16.0 Å². The topological polar surface area (TPSA) is 88.1 Å². The maximum absolute atomic E-state index is 13.0. The number of anilines is 1. The number of rotatable bonds is 12. The number of hydrogen-bond acceptors (Lipinski definition) is 4. The number of aliphatic carboxylic acids is 1. The van der Waals surface area contributed by atoms with Gasteiger partial charge in [0.1, 0.15) is 12.4 Å². The van der Waals surface area contributed by atoms with Crippen LogP contribution in [0.25, 0.3) is 0 Å². The van der Waals surface area contributed by atoms with E-state index >= 15 is 0 Å². The predicted molar refractivity (Wildman–Crippen MR) is 140 cm³/mol. The van der Waals surface area contributed by atoms with Crippen LogP contribution < -0.4 is 10.1 Å². The normalized spacial score (nSPS) is 12.2. The van der Waals surface area contributed by atoms with E-state index in [1.54, 1.807) is 42.2 Å². The fourth-order valence-electron chi connectivity index (χ4n) is 3.20. The molecule has 0 aliphatic heterocycles. The number of amides is 2. The maximum atomic E-state index is 13.0. The molecule has 0 saturated carbocycles. The van der Waals surface area contributed by atoms with Gasteiger partial charge in [-0.2, -0.15) is 0 Å². The smallest absolute Gasteiger partial charge is 0.333 e. The van der Waals surface area contributed by atoms with Crippen LogP contribution in [0.4, 0.5) is 10.5 Å². The molecule has 0 aromatic heterocycles. The SMILES string of the molecule is CCOC(Cc1ccc(OCCN(CCC(C)(C)C)C(=O)Nc2ccc(Cl)cc2Cl)cc1)C(=O)O. The highest BCUT2D eigenvalue weighted by molar-refractivity contribution is 6.36. The Kier molecular flexibility index (Phi) is 11.1. The van der Waals surface area contributed by atoms with Crippen LogP contribution in [0.2, 0.25) is 10.0 Å². The average Bonchev–Trinajstić information content (AvgIpc) is 2.78. The molecule has 2 amide bonds. The van der Waals surface area contributed by atoms with E-state index in [1.807, 2.05) is 12.1 Å². The molecular formula is C26H34Cl2N2O5. The highest BCUT2D eigenvalue weighted by Gasteiger charge is 2.20. The minimum absolute atomic E-state index is 0.0580. The number of carboxylic acid groups (broad SMARTS) is 1. The largest absolute Gasteiger partial charge is 0.492 e. The molecule has 2 aromatic carbocycles. The molecular weight excluding hydrogens is 491 g/mol. The van der Waals surface area contributed by atoms with Gasteiger partial charge in [-0.3, -0.25) is 0 Å². The van der Waals surface area contributed by atoms with Gasteiger partial charge in [-0.05, 0) is 54.7 Å². The van der Waals surface area contributed by atoms with Gasteiger partial charge in [-0.15, -0.1) is 0 Å². The Labute approximate surface area is 217 Å². The number of halogens is 2. The summed E-state index contributed by atoms with van der Waals surface area (Å²) in [5.41, 5.74) is 1.39. The summed E-state index contributed by atoms with van der Waals surface area (Å²) in [5.74, 6) is -0.352. The summed E-state index contributed by atoms with van der Waals surface area (Å²) in [6.45, 7) is 9.69. The van der Waals surface area contributed by atoms with Crippen LogP contribution in [0, 0.1) is 5.41 Å². The second-order valence-electron chi connectivity index (χ2n) is 9.33. The van der Waals surface area contributed by atoms with Crippen molar-refractivity contribution in [3.05, 3.63) is 58.1 Å². The predicted octanol–water partition coefficient (Wildman–Crippen LogP) is 6.37. The van der Waals surface area contributed by atoms with E-state index in [-0.39, 0.29) is 17.9 Å². The third-order valence-electron chi connectivity index (χ3n) is 5.21. The summed E-state index contributed by atoms with van der Waals surface area (Å²) < 4.78 is 11.1. The molecule has 2 N–H and O–H groups in total. The molecule has 0 aliphatic carbocycles. The van der Waals surface area contributed by atoms with Crippen LogP contribution in [0.5, 0.6) is 5.75 Å². The highest BCUT2D eigenvalue weighted by atomic mass is 35.5. The number of nitrogens with one attached hydrogen (secondary N) is 1. The molecule has 0 bridgehead atoms. The lowest BCUT2D eigenvalue weighted by Crippen LogP contribution is -2.39. The standard InChI is InChI=1S/C26H34Cl2N2O5/c1-5-34-23(24(31)32)16-18-6-9-20(10-7-18)35-15-14-30(13-12-26(2,3)4)25(33)29-22-11-8-19(27)17-21(22)28/h6-11,17,23H,5,12-16H2,1-4H3,(H,29,33)(H,31,32). The monoisotopic (exact) mass is 524 g/mol. The highest BCUT2D eigenvalue weighted by Crippen LogP contribution is 2.26. The van der Waals surface area contributed by atoms with Gasteiger partial charge in [0.25, 0.3) is 0 Å². The summed E-state index contributed by atoms with van der Waals surface area (Å²) >= 11 is 12.2. The van der Waals surface area contributed by atoms with Gasteiger partial charge in [-0.1, -0.05) is 56.1 Å². The van der Waals surface area contributed by atoms with Crippen LogP contribution in [0.3, 0.4) is 0 Å². The van der Waals surface area contributed by atoms with E-state index in [9.17, 15) is 14.7 Å². The van der Waals surface area contributed by atoms with Crippen molar-refractivity contribution >= 4 is 40.9 Å². The van der Waals surface area contributed by atoms with Gasteiger partial charge in [0.15, 0.2) is 6.10 Å². The number of carbonyl (C=O) groups excluding carboxylic acids is 1. The van der Waals surface area contributed by atoms with Gasteiger partial charge >= 0.3 is 12.0 Å². The van der Waals surface area contributed by atoms with Crippen LogP contribution in [0.15, 0.2) is 42.5 Å². The number of urea groups is 1. The summed E-state index contributed by atoms with van der Waals surface area (Å²) in [6.07, 6.45) is 0.210. The number of carbonyl (C=O) groups is 2. The van der Waals surface area contributed by atoms with E-state index in [0.717, 1.165) is 12.0 Å². The first-order chi connectivity index (χ1) is 16.5. The van der Waals surface area contributed by atoms with Crippen molar-refractivity contribution in [2.24, 2.45) is 5.41 Å². The Bertz CT molecular complexity index is 977. The summed E-state index contributed by atoms with van der Waals surface area (Å²) in [6, 6.07) is 11.9. The first-order valence-corrected chi connectivity index (χ1v) is 12.3. The lowest BCUT2D eigenvalue weighted by atomic mass is 9.92. The zero-order valence-electron chi connectivity index (χ0n) is 20.6. The molecule has 0 aliphatic rings. The first kappa shape index (κ1) is 28.8. The fourth-order valence-corrected chi connectivity index (χ4v) is 3.65. The van der Waals surface area contributed by atoms with E-state index in [0.29, 0.717) is 47.8 Å². The summed E-state index contributed by atoms with van der Waals surface area (Å²) in [7, 11) is 0. The van der Waals surface area contributed by atoms with E-state index in [1.165, 1.54) is 0 Å². The second-order valence-corrected chi connectivity index (χ2v) is 10.2. The molecule has 1 atom stereocenters. The number of ether oxygens (including phenoxy) is 2. The van der Waals surface area contributed by atoms with Crippen molar-refractivity contribution in [2.45, 2.75) is 46.6 Å². The Morgan fingerprint density at radius 2 is 1.77 bits per heavy atom. The van der Waals surface area contributed by atoms with Gasteiger partial charge in [0.2, 0.25) is 0 Å². The second kappa shape index (κ2) is 13.6. The number of hydrogen-bond donors (Lipinski definition) is 2. The lowest BCUT2D eigenvalue weighted by molar-refractivity contribution is -0.149.